The highest BCUT2D eigenvalue weighted by molar-refractivity contribution is 6.19. The molecule has 2 fully saturated rings. The van der Waals surface area contributed by atoms with Crippen LogP contribution in [0.2, 0.25) is 0 Å². The van der Waals surface area contributed by atoms with Crippen molar-refractivity contribution in [3.63, 3.8) is 0 Å². The Morgan fingerprint density at radius 1 is 1.29 bits per heavy atom. The smallest absolute Gasteiger partial charge is 0.327 e. The molecule has 2 unspecified atom stereocenters. The van der Waals surface area contributed by atoms with E-state index in [9.17, 15) is 14.3 Å². The third-order valence-corrected chi connectivity index (χ3v) is 7.37. The molecule has 0 aliphatic carbocycles. The molecule has 0 radical (unpaired) electrons. The fourth-order valence-electron chi connectivity index (χ4n) is 5.28. The fraction of sp³-hybridized carbons (Fsp3) is 0.538. The van der Waals surface area contributed by atoms with Crippen LogP contribution in [0.5, 0.6) is 5.75 Å². The van der Waals surface area contributed by atoms with E-state index in [0.717, 1.165) is 17.1 Å². The number of nitrogens with two attached hydrogens (primary N) is 1. The molecule has 3 aliphatic heterocycles. The molecule has 38 heavy (non-hydrogen) atoms. The van der Waals surface area contributed by atoms with Crippen molar-refractivity contribution in [3.05, 3.63) is 30.2 Å². The van der Waals surface area contributed by atoms with E-state index in [4.69, 9.17) is 15.9 Å². The zero-order chi connectivity index (χ0) is 27.7. The van der Waals surface area contributed by atoms with Gasteiger partial charge in [-0.2, -0.15) is 4.98 Å². The van der Waals surface area contributed by atoms with Gasteiger partial charge in [0, 0.05) is 24.3 Å². The minimum Gasteiger partial charge on any atom is -0.488 e. The van der Waals surface area contributed by atoms with Gasteiger partial charge in [0.2, 0.25) is 5.95 Å². The first-order chi connectivity index (χ1) is 17.9. The molecule has 0 saturated carbocycles. The van der Waals surface area contributed by atoms with Gasteiger partial charge in [-0.25, -0.2) is 19.1 Å². The van der Waals surface area contributed by atoms with Gasteiger partial charge in [0.1, 0.15) is 18.2 Å². The number of anilines is 4. The lowest BCUT2D eigenvalue weighted by Crippen LogP contribution is -2.53. The van der Waals surface area contributed by atoms with E-state index in [1.54, 1.807) is 12.1 Å². The van der Waals surface area contributed by atoms with Gasteiger partial charge >= 0.3 is 6.03 Å². The molecular formula is C26H37FN8O3. The van der Waals surface area contributed by atoms with Crippen molar-refractivity contribution in [2.75, 3.05) is 36.1 Å². The van der Waals surface area contributed by atoms with Crippen LogP contribution < -0.4 is 26.0 Å². The average molecular weight is 529 g/mol. The van der Waals surface area contributed by atoms with Crippen LogP contribution in [0.4, 0.5) is 32.3 Å². The number of aliphatic hydroxyl groups is 1. The molecule has 11 nitrogen and oxygen atoms in total. The van der Waals surface area contributed by atoms with E-state index in [2.05, 4.69) is 39.3 Å². The van der Waals surface area contributed by atoms with E-state index < -0.39 is 17.4 Å². The van der Waals surface area contributed by atoms with Crippen LogP contribution in [-0.2, 0) is 0 Å². The molecule has 0 bridgehead atoms. The van der Waals surface area contributed by atoms with Crippen LogP contribution in [0.3, 0.4) is 0 Å². The second-order valence-electron chi connectivity index (χ2n) is 10.7. The Hall–Kier alpha value is -3.51. The Bertz CT molecular complexity index is 1210. The Balaban J connectivity index is 0.000000253. The summed E-state index contributed by atoms with van der Waals surface area (Å²) in [6.45, 7) is 7.36. The number of amides is 2. The van der Waals surface area contributed by atoms with Crippen molar-refractivity contribution < 1.29 is 19.0 Å². The predicted octanol–water partition coefficient (Wildman–Crippen LogP) is 3.62. The van der Waals surface area contributed by atoms with Crippen molar-refractivity contribution in [1.29, 1.82) is 5.41 Å². The van der Waals surface area contributed by atoms with Gasteiger partial charge in [-0.1, -0.05) is 6.42 Å². The third kappa shape index (κ3) is 5.65. The van der Waals surface area contributed by atoms with E-state index >= 15 is 0 Å². The first-order valence-corrected chi connectivity index (χ1v) is 12.8. The second-order valence-corrected chi connectivity index (χ2v) is 10.7. The molecule has 1 aromatic heterocycles. The zero-order valence-corrected chi connectivity index (χ0v) is 22.3. The number of nitrogen functional groups attached to an aromatic ring is 1. The van der Waals surface area contributed by atoms with Gasteiger partial charge in [-0.15, -0.1) is 0 Å². The summed E-state index contributed by atoms with van der Waals surface area (Å²) in [5, 5.41) is 23.9. The lowest BCUT2D eigenvalue weighted by Gasteiger charge is -2.44. The molecule has 2 aromatic rings. The number of hydrogen-bond donors (Lipinski definition) is 5. The normalized spacial score (nSPS) is 24.2. The Labute approximate surface area is 222 Å². The first kappa shape index (κ1) is 27.5. The van der Waals surface area contributed by atoms with Crippen LogP contribution in [-0.4, -0.2) is 69.2 Å². The van der Waals surface area contributed by atoms with Crippen molar-refractivity contribution in [2.24, 2.45) is 0 Å². The summed E-state index contributed by atoms with van der Waals surface area (Å²) in [7, 11) is 1.41. The number of rotatable bonds is 2. The predicted molar refractivity (Wildman–Crippen MR) is 145 cm³/mol. The topological polar surface area (TPSA) is 153 Å². The van der Waals surface area contributed by atoms with Gasteiger partial charge in [0.25, 0.3) is 0 Å². The van der Waals surface area contributed by atoms with Gasteiger partial charge in [-0.3, -0.25) is 10.3 Å². The van der Waals surface area contributed by atoms with Crippen molar-refractivity contribution in [3.8, 4) is 5.75 Å². The van der Waals surface area contributed by atoms with E-state index in [0.29, 0.717) is 17.0 Å². The molecule has 12 heteroatoms. The minimum atomic E-state index is -1.67. The maximum Gasteiger partial charge on any atom is 0.327 e. The van der Waals surface area contributed by atoms with Gasteiger partial charge in [-0.05, 0) is 71.2 Å². The maximum absolute atomic E-state index is 13.2. The molecule has 206 valence electrons. The highest BCUT2D eigenvalue weighted by atomic mass is 19.1. The third-order valence-electron chi connectivity index (χ3n) is 7.37. The van der Waals surface area contributed by atoms with Crippen LogP contribution in [0, 0.1) is 11.2 Å². The summed E-state index contributed by atoms with van der Waals surface area (Å²) in [5.74, 6) is -1.05. The Morgan fingerprint density at radius 3 is 2.71 bits per heavy atom. The first-order valence-electron chi connectivity index (χ1n) is 12.8. The molecule has 3 aliphatic rings. The van der Waals surface area contributed by atoms with Crippen LogP contribution in [0.25, 0.3) is 0 Å². The number of halogens is 1. The highest BCUT2D eigenvalue weighted by Gasteiger charge is 2.40. The van der Waals surface area contributed by atoms with E-state index in [1.807, 2.05) is 0 Å². The number of nitrogens with one attached hydrogen (secondary N) is 3. The number of amidine groups is 1. The van der Waals surface area contributed by atoms with Crippen molar-refractivity contribution in [2.45, 2.75) is 70.1 Å². The number of ether oxygens (including phenoxy) is 1. The molecule has 6 N–H and O–H groups in total. The fourth-order valence-corrected chi connectivity index (χ4v) is 5.28. The summed E-state index contributed by atoms with van der Waals surface area (Å²) < 4.78 is 18.8. The van der Waals surface area contributed by atoms with Crippen molar-refractivity contribution in [1.82, 2.24) is 20.2 Å². The van der Waals surface area contributed by atoms with Crippen LogP contribution in [0.1, 0.15) is 52.9 Å². The standard InChI is InChI=1S/C16H18FN7O3.C10H19N/c1-16(26)7-27-11-4-3-8(22-14-21-6-9(17)12(18)23-14)5-10(11)24(13(16)19)15(25)20-2;1-10(2)7-3-5-9-6-4-8-11(9)10/h3-6,19,26H,7H2,1-2H3,(H,20,25)(H3,18,21,22,23);9H,3-8H2,1-2H3. The molecule has 2 amide bonds. The van der Waals surface area contributed by atoms with Gasteiger partial charge < -0.3 is 26.2 Å². The highest BCUT2D eigenvalue weighted by Crippen LogP contribution is 2.38. The van der Waals surface area contributed by atoms with Crippen LogP contribution in [0.15, 0.2) is 24.4 Å². The molecule has 5 rings (SSSR count). The number of fused-ring (bicyclic) bond motifs is 2. The number of nitrogens with zero attached hydrogens (tertiary/aromatic N) is 4. The lowest BCUT2D eigenvalue weighted by molar-refractivity contribution is 0.0567. The number of hydrogen-bond acceptors (Lipinski definition) is 9. The molecule has 4 heterocycles. The van der Waals surface area contributed by atoms with Gasteiger partial charge in [0.15, 0.2) is 17.2 Å². The van der Waals surface area contributed by atoms with Crippen molar-refractivity contribution >= 4 is 35.0 Å². The number of aromatic nitrogens is 2. The zero-order valence-electron chi connectivity index (χ0n) is 22.3. The summed E-state index contributed by atoms with van der Waals surface area (Å²) in [5.41, 5.74) is 4.94. The summed E-state index contributed by atoms with van der Waals surface area (Å²) in [6, 6.07) is 5.02. The van der Waals surface area contributed by atoms with E-state index in [-0.39, 0.29) is 29.9 Å². The SMILES string of the molecule is CC1(C)CCCC2CCCN21.CNC(=O)N1C(=N)C(C)(O)COc2ccc(Nc3ncc(F)c(N)n3)cc21. The largest absolute Gasteiger partial charge is 0.488 e. The molecule has 2 atom stereocenters. The average Bonchev–Trinajstić information content (AvgIpc) is 3.33. The maximum atomic E-state index is 13.2. The summed E-state index contributed by atoms with van der Waals surface area (Å²) in [4.78, 5) is 23.6. The quantitative estimate of drug-likeness (QED) is 0.396. The molecular weight excluding hydrogens is 491 g/mol. The number of piperidine rings is 1. The molecule has 2 saturated heterocycles. The number of carbonyl (C=O) groups excluding carboxylic acids is 1. The summed E-state index contributed by atoms with van der Waals surface area (Å²) >= 11 is 0. The minimum absolute atomic E-state index is 0.0527. The number of benzene rings is 1. The van der Waals surface area contributed by atoms with Gasteiger partial charge in [0.05, 0.1) is 11.9 Å². The van der Waals surface area contributed by atoms with Crippen LogP contribution >= 0.6 is 0 Å². The molecule has 1 aromatic carbocycles. The second kappa shape index (κ2) is 10.7. The number of urea groups is 1. The number of carbonyl (C=O) groups is 1. The monoisotopic (exact) mass is 528 g/mol. The lowest BCUT2D eigenvalue weighted by atomic mass is 9.87. The summed E-state index contributed by atoms with van der Waals surface area (Å²) in [6.07, 6.45) is 8.15. The Kier molecular flexibility index (Phi) is 7.75. The Morgan fingerprint density at radius 2 is 2.03 bits per heavy atom. The van der Waals surface area contributed by atoms with E-state index in [1.165, 1.54) is 58.7 Å². The molecule has 0 spiro atoms.